The van der Waals surface area contributed by atoms with Gasteiger partial charge in [-0.15, -0.1) is 12.4 Å². The summed E-state index contributed by atoms with van der Waals surface area (Å²) in [4.78, 5) is 10.2. The Hall–Kier alpha value is -1.44. The number of hydrogen-bond donors (Lipinski definition) is 2. The fourth-order valence-electron chi connectivity index (χ4n) is 2.32. The molecule has 148 valence electrons. The van der Waals surface area contributed by atoms with E-state index in [0.29, 0.717) is 52.7 Å². The van der Waals surface area contributed by atoms with Crippen LogP contribution in [0.25, 0.3) is 0 Å². The fourth-order valence-corrected chi connectivity index (χ4v) is 3.15. The lowest BCUT2D eigenvalue weighted by atomic mass is 10.2. The Labute approximate surface area is 178 Å². The number of nitrogens with one attached hydrogen (secondary N) is 2. The van der Waals surface area contributed by atoms with Crippen molar-refractivity contribution in [2.24, 2.45) is 0 Å². The first kappa shape index (κ1) is 23.6. The maximum Gasteiger partial charge on any atom is 0.271 e. The van der Waals surface area contributed by atoms with E-state index in [-0.39, 0.29) is 18.1 Å². The third-order valence-corrected chi connectivity index (χ3v) is 4.28. The SMILES string of the molecule is CCOc1c(Cl)cc(Cl)cc1CNCCNc1ccc([N+](=O)[O-])cc1Cl.Cl. The van der Waals surface area contributed by atoms with Crippen molar-refractivity contribution in [3.63, 3.8) is 0 Å². The van der Waals surface area contributed by atoms with Crippen LogP contribution in [0.5, 0.6) is 5.75 Å². The number of ether oxygens (including phenoxy) is 1. The van der Waals surface area contributed by atoms with Crippen molar-refractivity contribution in [1.82, 2.24) is 5.32 Å². The lowest BCUT2D eigenvalue weighted by Gasteiger charge is -2.14. The molecule has 0 heterocycles. The summed E-state index contributed by atoms with van der Waals surface area (Å²) in [7, 11) is 0. The normalized spacial score (nSPS) is 10.2. The summed E-state index contributed by atoms with van der Waals surface area (Å²) < 4.78 is 5.58. The summed E-state index contributed by atoms with van der Waals surface area (Å²) in [6, 6.07) is 7.77. The van der Waals surface area contributed by atoms with Gasteiger partial charge in [0.2, 0.25) is 0 Å². The Morgan fingerprint density at radius 2 is 1.85 bits per heavy atom. The van der Waals surface area contributed by atoms with Crippen LogP contribution in [0, 0.1) is 10.1 Å². The molecular weight excluding hydrogens is 436 g/mol. The van der Waals surface area contributed by atoms with E-state index in [1.165, 1.54) is 12.1 Å². The predicted molar refractivity (Wildman–Crippen MR) is 113 cm³/mol. The highest BCUT2D eigenvalue weighted by Crippen LogP contribution is 2.32. The second kappa shape index (κ2) is 11.4. The van der Waals surface area contributed by atoms with Crippen LogP contribution < -0.4 is 15.4 Å². The molecule has 0 bridgehead atoms. The summed E-state index contributed by atoms with van der Waals surface area (Å²) in [6.07, 6.45) is 0. The number of anilines is 1. The number of halogens is 4. The van der Waals surface area contributed by atoms with Gasteiger partial charge in [-0.2, -0.15) is 0 Å². The van der Waals surface area contributed by atoms with E-state index in [1.54, 1.807) is 12.1 Å². The molecule has 0 spiro atoms. The Kier molecular flexibility index (Phi) is 9.98. The average molecular weight is 455 g/mol. The quantitative estimate of drug-likeness (QED) is 0.294. The molecule has 6 nitrogen and oxygen atoms in total. The third-order valence-electron chi connectivity index (χ3n) is 3.47. The number of benzene rings is 2. The van der Waals surface area contributed by atoms with Gasteiger partial charge >= 0.3 is 0 Å². The summed E-state index contributed by atoms with van der Waals surface area (Å²) in [5.74, 6) is 0.623. The topological polar surface area (TPSA) is 76.4 Å². The van der Waals surface area contributed by atoms with Crippen LogP contribution >= 0.6 is 47.2 Å². The van der Waals surface area contributed by atoms with Gasteiger partial charge in [0.15, 0.2) is 0 Å². The van der Waals surface area contributed by atoms with Crippen molar-refractivity contribution in [2.45, 2.75) is 13.5 Å². The maximum atomic E-state index is 10.7. The molecule has 0 radical (unpaired) electrons. The summed E-state index contributed by atoms with van der Waals surface area (Å²) >= 11 is 18.3. The van der Waals surface area contributed by atoms with Crippen LogP contribution in [0.15, 0.2) is 30.3 Å². The molecule has 2 aromatic rings. The van der Waals surface area contributed by atoms with Crippen molar-refractivity contribution in [3.8, 4) is 5.75 Å². The highest BCUT2D eigenvalue weighted by Gasteiger charge is 2.11. The Morgan fingerprint density at radius 1 is 1.11 bits per heavy atom. The van der Waals surface area contributed by atoms with Crippen molar-refractivity contribution in [3.05, 3.63) is 61.1 Å². The van der Waals surface area contributed by atoms with Gasteiger partial charge in [-0.1, -0.05) is 34.8 Å². The standard InChI is InChI=1S/C17H18Cl3N3O3.ClH/c1-2-26-17-11(7-12(18)8-15(17)20)10-21-5-6-22-16-4-3-13(23(24)25)9-14(16)19;/h3-4,7-9,21-22H,2,5-6,10H2,1H3;1H. The second-order valence-electron chi connectivity index (χ2n) is 5.33. The molecule has 27 heavy (non-hydrogen) atoms. The highest BCUT2D eigenvalue weighted by atomic mass is 35.5. The van der Waals surface area contributed by atoms with Crippen LogP contribution in [0.3, 0.4) is 0 Å². The molecule has 2 N–H and O–H groups in total. The van der Waals surface area contributed by atoms with Gasteiger partial charge in [0.25, 0.3) is 5.69 Å². The van der Waals surface area contributed by atoms with Crippen molar-refractivity contribution in [2.75, 3.05) is 25.0 Å². The van der Waals surface area contributed by atoms with Gasteiger partial charge in [-0.05, 0) is 25.1 Å². The number of hydrogen-bond acceptors (Lipinski definition) is 5. The van der Waals surface area contributed by atoms with Crippen molar-refractivity contribution >= 4 is 58.6 Å². The van der Waals surface area contributed by atoms with Crippen molar-refractivity contribution < 1.29 is 9.66 Å². The summed E-state index contributed by atoms with van der Waals surface area (Å²) in [5.41, 5.74) is 1.47. The van der Waals surface area contributed by atoms with Crippen LogP contribution in [0.4, 0.5) is 11.4 Å². The largest absolute Gasteiger partial charge is 0.492 e. The van der Waals surface area contributed by atoms with Gasteiger partial charge in [-0.25, -0.2) is 0 Å². The molecule has 0 saturated heterocycles. The van der Waals surface area contributed by atoms with Crippen molar-refractivity contribution in [1.29, 1.82) is 0 Å². The Balaban J connectivity index is 0.00000364. The predicted octanol–water partition coefficient (Wildman–Crippen LogP) is 5.58. The van der Waals surface area contributed by atoms with Crippen LogP contribution in [0.2, 0.25) is 15.1 Å². The molecule has 0 unspecified atom stereocenters. The van der Waals surface area contributed by atoms with Gasteiger partial charge in [0.1, 0.15) is 5.75 Å². The molecule has 0 aliphatic carbocycles. The molecule has 0 amide bonds. The minimum absolute atomic E-state index is 0. The average Bonchev–Trinajstić information content (AvgIpc) is 2.58. The van der Waals surface area contributed by atoms with Crippen LogP contribution in [-0.2, 0) is 6.54 Å². The fraction of sp³-hybridized carbons (Fsp3) is 0.294. The molecule has 2 rings (SSSR count). The number of nitro groups is 1. The number of non-ortho nitro benzene ring substituents is 1. The molecule has 10 heteroatoms. The highest BCUT2D eigenvalue weighted by molar-refractivity contribution is 6.35. The molecule has 0 saturated carbocycles. The van der Waals surface area contributed by atoms with E-state index in [1.807, 2.05) is 13.0 Å². The summed E-state index contributed by atoms with van der Waals surface area (Å²) in [6.45, 7) is 4.14. The van der Waals surface area contributed by atoms with Gasteiger partial charge in [0.05, 0.1) is 27.3 Å². The van der Waals surface area contributed by atoms with Crippen LogP contribution in [-0.4, -0.2) is 24.6 Å². The summed E-state index contributed by atoms with van der Waals surface area (Å²) in [5, 5.41) is 18.4. The zero-order valence-corrected chi connectivity index (χ0v) is 17.5. The molecular formula is C17H19Cl4N3O3. The molecule has 0 aliphatic rings. The lowest BCUT2D eigenvalue weighted by molar-refractivity contribution is -0.384. The first-order chi connectivity index (χ1) is 12.4. The Bertz CT molecular complexity index is 790. The molecule has 0 aliphatic heterocycles. The lowest BCUT2D eigenvalue weighted by Crippen LogP contribution is -2.22. The molecule has 0 atom stereocenters. The van der Waals surface area contributed by atoms with Gasteiger partial charge < -0.3 is 15.4 Å². The number of nitro benzene ring substituents is 1. The zero-order valence-electron chi connectivity index (χ0n) is 14.4. The van der Waals surface area contributed by atoms with Gasteiger partial charge in [-0.3, -0.25) is 10.1 Å². The van der Waals surface area contributed by atoms with E-state index in [9.17, 15) is 10.1 Å². The van der Waals surface area contributed by atoms with Gasteiger partial charge in [0, 0.05) is 42.4 Å². The first-order valence-electron chi connectivity index (χ1n) is 7.91. The third kappa shape index (κ3) is 6.90. The van der Waals surface area contributed by atoms with E-state index in [4.69, 9.17) is 39.5 Å². The second-order valence-corrected chi connectivity index (χ2v) is 6.58. The van der Waals surface area contributed by atoms with E-state index >= 15 is 0 Å². The van der Waals surface area contributed by atoms with E-state index < -0.39 is 4.92 Å². The maximum absolute atomic E-state index is 10.7. The zero-order chi connectivity index (χ0) is 19.1. The monoisotopic (exact) mass is 453 g/mol. The number of nitrogens with zero attached hydrogens (tertiary/aromatic N) is 1. The minimum atomic E-state index is -0.483. The first-order valence-corrected chi connectivity index (χ1v) is 9.05. The molecule has 2 aromatic carbocycles. The number of rotatable bonds is 9. The minimum Gasteiger partial charge on any atom is -0.492 e. The van der Waals surface area contributed by atoms with E-state index in [2.05, 4.69) is 10.6 Å². The van der Waals surface area contributed by atoms with Crippen LogP contribution in [0.1, 0.15) is 12.5 Å². The molecule has 0 fully saturated rings. The Morgan fingerprint density at radius 3 is 2.48 bits per heavy atom. The van der Waals surface area contributed by atoms with E-state index in [0.717, 1.165) is 5.56 Å². The smallest absolute Gasteiger partial charge is 0.271 e. The molecule has 0 aromatic heterocycles.